The van der Waals surface area contributed by atoms with Crippen LogP contribution in [0.25, 0.3) is 0 Å². The van der Waals surface area contributed by atoms with Gasteiger partial charge in [-0.3, -0.25) is 4.79 Å². The highest BCUT2D eigenvalue weighted by atomic mass is 32.2. The Morgan fingerprint density at radius 1 is 1.24 bits per heavy atom. The van der Waals surface area contributed by atoms with Crippen LogP contribution in [0.15, 0.2) is 0 Å². The Morgan fingerprint density at radius 3 is 2.18 bits per heavy atom. The quantitative estimate of drug-likeness (QED) is 0.670. The molecule has 0 aliphatic heterocycles. The number of hydrogen-bond donors (Lipinski definition) is 2. The highest BCUT2D eigenvalue weighted by Gasteiger charge is 2.29. The van der Waals surface area contributed by atoms with Crippen molar-refractivity contribution in [3.63, 3.8) is 0 Å². The van der Waals surface area contributed by atoms with Gasteiger partial charge in [-0.25, -0.2) is 0 Å². The molecule has 0 aliphatic rings. The van der Waals surface area contributed by atoms with Gasteiger partial charge >= 0.3 is 5.97 Å². The summed E-state index contributed by atoms with van der Waals surface area (Å²) in [6.07, 6.45) is 2.80. The number of rotatable bonds is 9. The molecule has 0 fully saturated rings. The maximum atomic E-state index is 10.6. The van der Waals surface area contributed by atoms with Crippen LogP contribution >= 0.6 is 11.8 Å². The van der Waals surface area contributed by atoms with Crippen LogP contribution in [0.5, 0.6) is 0 Å². The molecule has 0 saturated heterocycles. The summed E-state index contributed by atoms with van der Waals surface area (Å²) in [6.45, 7) is 8.56. The van der Waals surface area contributed by atoms with E-state index in [1.54, 1.807) is 11.8 Å². The van der Waals surface area contributed by atoms with Crippen molar-refractivity contribution in [1.82, 2.24) is 0 Å². The zero-order valence-electron chi connectivity index (χ0n) is 11.5. The number of thioether (sulfide) groups is 1. The fraction of sp³-hybridized carbons (Fsp3) is 0.923. The molecule has 0 spiro atoms. The highest BCUT2D eigenvalue weighted by Crippen LogP contribution is 2.38. The van der Waals surface area contributed by atoms with Crippen LogP contribution in [0.4, 0.5) is 0 Å². The first-order chi connectivity index (χ1) is 7.81. The van der Waals surface area contributed by atoms with E-state index in [9.17, 15) is 9.90 Å². The van der Waals surface area contributed by atoms with Crippen molar-refractivity contribution < 1.29 is 15.0 Å². The largest absolute Gasteiger partial charge is 0.481 e. The van der Waals surface area contributed by atoms with Crippen LogP contribution in [-0.2, 0) is 4.79 Å². The molecule has 0 amide bonds. The molecule has 0 rings (SSSR count). The molecule has 0 aromatic heterocycles. The standard InChI is InChI=1S/C13H26O3S/c1-5-12(3,9-14)10-17-13(4,6-2)8-7-11(15)16/h14H,5-10H2,1-4H3,(H,15,16). The summed E-state index contributed by atoms with van der Waals surface area (Å²) in [5, 5.41) is 18.1. The van der Waals surface area contributed by atoms with Crippen molar-refractivity contribution in [3.05, 3.63) is 0 Å². The van der Waals surface area contributed by atoms with Crippen LogP contribution < -0.4 is 0 Å². The Balaban J connectivity index is 4.32. The lowest BCUT2D eigenvalue weighted by Gasteiger charge is -2.33. The molecule has 17 heavy (non-hydrogen) atoms. The van der Waals surface area contributed by atoms with Crippen LogP contribution in [0, 0.1) is 5.41 Å². The van der Waals surface area contributed by atoms with Gasteiger partial charge in [0.05, 0.1) is 0 Å². The first kappa shape index (κ1) is 16.8. The predicted molar refractivity (Wildman–Crippen MR) is 73.5 cm³/mol. The molecule has 2 N–H and O–H groups in total. The molecule has 0 aromatic rings. The minimum Gasteiger partial charge on any atom is -0.481 e. The van der Waals surface area contributed by atoms with E-state index in [1.807, 2.05) is 0 Å². The molecule has 3 nitrogen and oxygen atoms in total. The van der Waals surface area contributed by atoms with Gasteiger partial charge in [-0.15, -0.1) is 0 Å². The number of hydrogen-bond acceptors (Lipinski definition) is 3. The average Bonchev–Trinajstić information content (AvgIpc) is 2.33. The highest BCUT2D eigenvalue weighted by molar-refractivity contribution is 8.00. The maximum absolute atomic E-state index is 10.6. The number of aliphatic hydroxyl groups is 1. The van der Waals surface area contributed by atoms with Gasteiger partial charge in [0.15, 0.2) is 0 Å². The first-order valence-corrected chi connectivity index (χ1v) is 7.26. The molecule has 102 valence electrons. The van der Waals surface area contributed by atoms with Crippen LogP contribution in [0.1, 0.15) is 53.4 Å². The molecule has 0 heterocycles. The molecule has 2 unspecified atom stereocenters. The molecule has 0 saturated carbocycles. The summed E-state index contributed by atoms with van der Waals surface area (Å²) in [7, 11) is 0. The molecule has 0 aromatic carbocycles. The monoisotopic (exact) mass is 262 g/mol. The SMILES string of the molecule is CCC(C)(CO)CSC(C)(CC)CCC(=O)O. The van der Waals surface area contributed by atoms with Crippen LogP contribution in [0.2, 0.25) is 0 Å². The van der Waals surface area contributed by atoms with Gasteiger partial charge in [-0.1, -0.05) is 27.7 Å². The summed E-state index contributed by atoms with van der Waals surface area (Å²) in [5.41, 5.74) is -0.0513. The van der Waals surface area contributed by atoms with E-state index in [1.165, 1.54) is 0 Å². The van der Waals surface area contributed by atoms with Crippen LogP contribution in [0.3, 0.4) is 0 Å². The van der Waals surface area contributed by atoms with Gasteiger partial charge < -0.3 is 10.2 Å². The maximum Gasteiger partial charge on any atom is 0.303 e. The van der Waals surface area contributed by atoms with Crippen molar-refractivity contribution in [3.8, 4) is 0 Å². The molecule has 4 heteroatoms. The Labute approximate surface area is 109 Å². The Bertz CT molecular complexity index is 239. The molecule has 2 atom stereocenters. The number of carboxylic acid groups (broad SMARTS) is 1. The fourth-order valence-electron chi connectivity index (χ4n) is 1.33. The molecule has 0 radical (unpaired) electrons. The summed E-state index contributed by atoms with van der Waals surface area (Å²) < 4.78 is 0.00396. The summed E-state index contributed by atoms with van der Waals surface area (Å²) in [4.78, 5) is 10.6. The minimum absolute atomic E-state index is 0.00396. The van der Waals surface area contributed by atoms with E-state index < -0.39 is 5.97 Å². The molecule has 0 aliphatic carbocycles. The fourth-order valence-corrected chi connectivity index (χ4v) is 2.77. The zero-order valence-corrected chi connectivity index (χ0v) is 12.3. The van der Waals surface area contributed by atoms with Crippen molar-refractivity contribution in [2.24, 2.45) is 5.41 Å². The Hall–Kier alpha value is -0.220. The number of carbonyl (C=O) groups is 1. The van der Waals surface area contributed by atoms with Gasteiger partial charge in [0.25, 0.3) is 0 Å². The normalized spacial score (nSPS) is 18.4. The van der Waals surface area contributed by atoms with Gasteiger partial charge in [0.1, 0.15) is 0 Å². The van der Waals surface area contributed by atoms with E-state index in [0.717, 1.165) is 18.6 Å². The third kappa shape index (κ3) is 6.32. The molecular weight excluding hydrogens is 236 g/mol. The van der Waals surface area contributed by atoms with Crippen molar-refractivity contribution in [2.45, 2.75) is 58.1 Å². The van der Waals surface area contributed by atoms with E-state index in [2.05, 4.69) is 27.7 Å². The number of aliphatic carboxylic acids is 1. The first-order valence-electron chi connectivity index (χ1n) is 6.27. The molecule has 0 bridgehead atoms. The van der Waals surface area contributed by atoms with Gasteiger partial charge in [-0.2, -0.15) is 11.8 Å². The number of aliphatic hydroxyl groups excluding tert-OH is 1. The summed E-state index contributed by atoms with van der Waals surface area (Å²) in [6, 6.07) is 0. The summed E-state index contributed by atoms with van der Waals surface area (Å²) >= 11 is 1.80. The van der Waals surface area contributed by atoms with Crippen LogP contribution in [-0.4, -0.2) is 33.3 Å². The van der Waals surface area contributed by atoms with Crippen molar-refractivity contribution in [1.29, 1.82) is 0 Å². The lowest BCUT2D eigenvalue weighted by molar-refractivity contribution is -0.137. The topological polar surface area (TPSA) is 57.5 Å². The lowest BCUT2D eigenvalue weighted by atomic mass is 9.91. The number of carboxylic acids is 1. The average molecular weight is 262 g/mol. The zero-order chi connectivity index (χ0) is 13.5. The second-order valence-corrected chi connectivity index (χ2v) is 6.87. The lowest BCUT2D eigenvalue weighted by Crippen LogP contribution is -2.29. The third-order valence-electron chi connectivity index (χ3n) is 3.62. The predicted octanol–water partition coefficient (Wildman–Crippen LogP) is 3.16. The van der Waals surface area contributed by atoms with E-state index in [0.29, 0.717) is 6.42 Å². The Kier molecular flexibility index (Phi) is 7.17. The van der Waals surface area contributed by atoms with E-state index in [-0.39, 0.29) is 23.2 Å². The van der Waals surface area contributed by atoms with Gasteiger partial charge in [0.2, 0.25) is 0 Å². The van der Waals surface area contributed by atoms with Gasteiger partial charge in [-0.05, 0) is 24.7 Å². The Morgan fingerprint density at radius 2 is 1.82 bits per heavy atom. The summed E-state index contributed by atoms with van der Waals surface area (Å²) in [5.74, 6) is 0.148. The smallest absolute Gasteiger partial charge is 0.303 e. The van der Waals surface area contributed by atoms with Crippen molar-refractivity contribution >= 4 is 17.7 Å². The third-order valence-corrected chi connectivity index (χ3v) is 5.65. The van der Waals surface area contributed by atoms with Gasteiger partial charge in [0, 0.05) is 23.5 Å². The second-order valence-electron chi connectivity index (χ2n) is 5.31. The second kappa shape index (κ2) is 7.27. The van der Waals surface area contributed by atoms with E-state index in [4.69, 9.17) is 5.11 Å². The molecular formula is C13H26O3S. The van der Waals surface area contributed by atoms with Crippen molar-refractivity contribution in [2.75, 3.05) is 12.4 Å². The van der Waals surface area contributed by atoms with E-state index >= 15 is 0 Å². The minimum atomic E-state index is -0.731.